The minimum absolute atomic E-state index is 0.474. The summed E-state index contributed by atoms with van der Waals surface area (Å²) < 4.78 is 7.17. The molecule has 3 rings (SSSR count). The lowest BCUT2D eigenvalue weighted by Crippen LogP contribution is -2.23. The zero-order chi connectivity index (χ0) is 10.3. The van der Waals surface area contributed by atoms with E-state index in [4.69, 9.17) is 4.74 Å². The molecule has 0 radical (unpaired) electrons. The minimum Gasteiger partial charge on any atom is -0.489 e. The first-order chi connectivity index (χ1) is 7.33. The quantitative estimate of drug-likeness (QED) is 0.786. The number of hydrogen-bond acceptors (Lipinski definition) is 1. The van der Waals surface area contributed by atoms with Gasteiger partial charge in [0.05, 0.1) is 4.47 Å². The van der Waals surface area contributed by atoms with Crippen LogP contribution in [0.3, 0.4) is 0 Å². The summed E-state index contributed by atoms with van der Waals surface area (Å²) in [4.78, 5) is 0. The molecular formula is C13H15BrO. The first-order valence-corrected chi connectivity index (χ1v) is 6.53. The minimum atomic E-state index is 0.474. The van der Waals surface area contributed by atoms with Crippen molar-refractivity contribution in [1.82, 2.24) is 0 Å². The van der Waals surface area contributed by atoms with Crippen LogP contribution in [-0.2, 0) is 0 Å². The molecule has 15 heavy (non-hydrogen) atoms. The maximum Gasteiger partial charge on any atom is 0.133 e. The van der Waals surface area contributed by atoms with E-state index in [1.54, 1.807) is 0 Å². The van der Waals surface area contributed by atoms with Crippen molar-refractivity contribution in [2.24, 2.45) is 11.8 Å². The van der Waals surface area contributed by atoms with Crippen molar-refractivity contribution >= 4 is 15.9 Å². The lowest BCUT2D eigenvalue weighted by atomic mass is 9.98. The van der Waals surface area contributed by atoms with Gasteiger partial charge in [-0.2, -0.15) is 0 Å². The van der Waals surface area contributed by atoms with Crippen molar-refractivity contribution in [3.8, 4) is 5.75 Å². The molecule has 2 bridgehead atoms. The van der Waals surface area contributed by atoms with E-state index in [1.165, 1.54) is 25.7 Å². The number of fused-ring (bicyclic) bond motifs is 2. The van der Waals surface area contributed by atoms with E-state index >= 15 is 0 Å². The Morgan fingerprint density at radius 2 is 2.00 bits per heavy atom. The lowest BCUT2D eigenvalue weighted by Gasteiger charge is -2.23. The number of hydrogen-bond donors (Lipinski definition) is 0. The highest BCUT2D eigenvalue weighted by Gasteiger charge is 2.41. The van der Waals surface area contributed by atoms with Crippen LogP contribution in [0, 0.1) is 11.8 Å². The van der Waals surface area contributed by atoms with E-state index in [-0.39, 0.29) is 0 Å². The molecule has 0 aromatic heterocycles. The van der Waals surface area contributed by atoms with E-state index in [1.807, 2.05) is 18.2 Å². The second-order valence-corrected chi connectivity index (χ2v) is 5.62. The molecule has 2 heteroatoms. The van der Waals surface area contributed by atoms with Gasteiger partial charge < -0.3 is 4.74 Å². The van der Waals surface area contributed by atoms with Crippen LogP contribution in [0.15, 0.2) is 28.7 Å². The maximum absolute atomic E-state index is 6.09. The summed E-state index contributed by atoms with van der Waals surface area (Å²) in [5.74, 6) is 2.78. The topological polar surface area (TPSA) is 9.23 Å². The van der Waals surface area contributed by atoms with Crippen molar-refractivity contribution in [1.29, 1.82) is 0 Å². The lowest BCUT2D eigenvalue weighted by molar-refractivity contribution is 0.137. The van der Waals surface area contributed by atoms with Crippen LogP contribution >= 0.6 is 15.9 Å². The van der Waals surface area contributed by atoms with Gasteiger partial charge >= 0.3 is 0 Å². The van der Waals surface area contributed by atoms with Crippen LogP contribution in [0.25, 0.3) is 0 Å². The smallest absolute Gasteiger partial charge is 0.133 e. The highest BCUT2D eigenvalue weighted by Crippen LogP contribution is 2.46. The van der Waals surface area contributed by atoms with E-state index in [9.17, 15) is 0 Å². The van der Waals surface area contributed by atoms with E-state index in [2.05, 4.69) is 22.0 Å². The second kappa shape index (κ2) is 3.82. The van der Waals surface area contributed by atoms with Gasteiger partial charge in [-0.1, -0.05) is 12.1 Å². The zero-order valence-corrected chi connectivity index (χ0v) is 10.2. The standard InChI is InChI=1S/C13H15BrO/c14-11-3-1-2-4-12(11)15-13-8-9-5-6-10(13)7-9/h1-4,9-10,13H,5-8H2. The van der Waals surface area contributed by atoms with Crippen molar-refractivity contribution in [2.75, 3.05) is 0 Å². The summed E-state index contributed by atoms with van der Waals surface area (Å²) in [6, 6.07) is 8.16. The van der Waals surface area contributed by atoms with Crippen molar-refractivity contribution < 1.29 is 4.74 Å². The molecule has 0 N–H and O–H groups in total. The highest BCUT2D eigenvalue weighted by molar-refractivity contribution is 9.10. The summed E-state index contributed by atoms with van der Waals surface area (Å²) in [7, 11) is 0. The van der Waals surface area contributed by atoms with Crippen molar-refractivity contribution in [3.05, 3.63) is 28.7 Å². The Morgan fingerprint density at radius 1 is 1.13 bits per heavy atom. The average Bonchev–Trinajstić information content (AvgIpc) is 2.83. The highest BCUT2D eigenvalue weighted by atomic mass is 79.9. The largest absolute Gasteiger partial charge is 0.489 e. The molecule has 2 fully saturated rings. The molecule has 0 saturated heterocycles. The molecule has 2 aliphatic carbocycles. The number of halogens is 1. The molecule has 1 nitrogen and oxygen atoms in total. The van der Waals surface area contributed by atoms with Gasteiger partial charge in [-0.15, -0.1) is 0 Å². The molecule has 80 valence electrons. The average molecular weight is 267 g/mol. The molecule has 0 heterocycles. The Hall–Kier alpha value is -0.500. The van der Waals surface area contributed by atoms with Gasteiger partial charge in [0.15, 0.2) is 0 Å². The number of benzene rings is 1. The van der Waals surface area contributed by atoms with Crippen LogP contribution in [0.5, 0.6) is 5.75 Å². The number of para-hydroxylation sites is 1. The van der Waals surface area contributed by atoms with Gasteiger partial charge in [0, 0.05) is 0 Å². The summed E-state index contributed by atoms with van der Waals surface area (Å²) in [6.45, 7) is 0. The summed E-state index contributed by atoms with van der Waals surface area (Å²) in [5.41, 5.74) is 0. The number of ether oxygens (including phenoxy) is 1. The fourth-order valence-electron chi connectivity index (χ4n) is 3.03. The normalized spacial score (nSPS) is 33.3. The SMILES string of the molecule is Brc1ccccc1OC1CC2CCC1C2. The first-order valence-electron chi connectivity index (χ1n) is 5.74. The van der Waals surface area contributed by atoms with Crippen molar-refractivity contribution in [3.63, 3.8) is 0 Å². The maximum atomic E-state index is 6.09. The van der Waals surface area contributed by atoms with Crippen LogP contribution in [-0.4, -0.2) is 6.10 Å². The van der Waals surface area contributed by atoms with Gasteiger partial charge in [-0.3, -0.25) is 0 Å². The van der Waals surface area contributed by atoms with Crippen LogP contribution in [0.4, 0.5) is 0 Å². The number of rotatable bonds is 2. The van der Waals surface area contributed by atoms with Crippen LogP contribution in [0.1, 0.15) is 25.7 Å². The van der Waals surface area contributed by atoms with Gasteiger partial charge in [-0.05, 0) is 65.6 Å². The molecule has 3 unspecified atom stereocenters. The molecular weight excluding hydrogens is 252 g/mol. The Balaban J connectivity index is 1.73. The monoisotopic (exact) mass is 266 g/mol. The summed E-state index contributed by atoms with van der Waals surface area (Å²) in [5, 5.41) is 0. The molecule has 0 aliphatic heterocycles. The molecule has 0 amide bonds. The molecule has 0 spiro atoms. The Bertz CT molecular complexity index is 363. The summed E-state index contributed by atoms with van der Waals surface area (Å²) >= 11 is 3.53. The fourth-order valence-corrected chi connectivity index (χ4v) is 3.41. The summed E-state index contributed by atoms with van der Waals surface area (Å²) in [6.07, 6.45) is 5.95. The fraction of sp³-hybridized carbons (Fsp3) is 0.538. The van der Waals surface area contributed by atoms with Gasteiger partial charge in [0.1, 0.15) is 11.9 Å². The Kier molecular flexibility index (Phi) is 2.47. The Labute approximate surface area is 99.0 Å². The molecule has 1 aromatic rings. The second-order valence-electron chi connectivity index (χ2n) is 4.76. The third kappa shape index (κ3) is 1.80. The van der Waals surface area contributed by atoms with E-state index < -0.39 is 0 Å². The Morgan fingerprint density at radius 3 is 2.67 bits per heavy atom. The third-order valence-corrected chi connectivity index (χ3v) is 4.44. The predicted octanol–water partition coefficient (Wildman–Crippen LogP) is 4.02. The molecule has 3 atom stereocenters. The molecule has 2 saturated carbocycles. The zero-order valence-electron chi connectivity index (χ0n) is 8.66. The third-order valence-electron chi connectivity index (χ3n) is 3.79. The van der Waals surface area contributed by atoms with E-state index in [0.717, 1.165) is 22.1 Å². The van der Waals surface area contributed by atoms with Gasteiger partial charge in [0.25, 0.3) is 0 Å². The van der Waals surface area contributed by atoms with Gasteiger partial charge in [0.2, 0.25) is 0 Å². The van der Waals surface area contributed by atoms with Crippen molar-refractivity contribution in [2.45, 2.75) is 31.8 Å². The van der Waals surface area contributed by atoms with Crippen LogP contribution in [0.2, 0.25) is 0 Å². The first kappa shape index (κ1) is 9.71. The van der Waals surface area contributed by atoms with Gasteiger partial charge in [-0.25, -0.2) is 0 Å². The molecule has 2 aliphatic rings. The van der Waals surface area contributed by atoms with Crippen LogP contribution < -0.4 is 4.74 Å². The van der Waals surface area contributed by atoms with E-state index in [0.29, 0.717) is 6.10 Å². The molecule has 1 aromatic carbocycles. The predicted molar refractivity (Wildman–Crippen MR) is 64.0 cm³/mol.